The van der Waals surface area contributed by atoms with Crippen LogP contribution in [-0.2, 0) is 19.9 Å². The van der Waals surface area contributed by atoms with E-state index in [2.05, 4.69) is 10.2 Å². The summed E-state index contributed by atoms with van der Waals surface area (Å²) in [5, 5.41) is 21.8. The summed E-state index contributed by atoms with van der Waals surface area (Å²) in [6.07, 6.45) is 0. The Kier molecular flexibility index (Phi) is 4.18. The second-order valence-electron chi connectivity index (χ2n) is 3.75. The molecule has 0 radical (unpaired) electrons. The smallest absolute Gasteiger partial charge is 0.258 e. The molecule has 0 aliphatic rings. The SMILES string of the molecule is NS(=O)(=O)c1nnc(S(=O)(=O)c2ccc(Cl)c([N+](=O)[O-])c2)s1. The number of sulfonamides is 1. The number of nitrogens with zero attached hydrogens (tertiary/aromatic N) is 3. The normalized spacial score (nSPS) is 12.3. The van der Waals surface area contributed by atoms with Gasteiger partial charge in [0, 0.05) is 6.07 Å². The zero-order valence-corrected chi connectivity index (χ0v) is 13.4. The largest absolute Gasteiger partial charge is 0.289 e. The maximum absolute atomic E-state index is 12.3. The molecule has 0 fully saturated rings. The maximum atomic E-state index is 12.3. The monoisotopic (exact) mass is 384 g/mol. The summed E-state index contributed by atoms with van der Waals surface area (Å²) < 4.78 is 45.4. The van der Waals surface area contributed by atoms with Crippen LogP contribution in [0.3, 0.4) is 0 Å². The lowest BCUT2D eigenvalue weighted by molar-refractivity contribution is -0.384. The molecule has 14 heteroatoms. The van der Waals surface area contributed by atoms with Gasteiger partial charge in [0.2, 0.25) is 18.5 Å². The van der Waals surface area contributed by atoms with Crippen LogP contribution in [0.1, 0.15) is 0 Å². The Bertz CT molecular complexity index is 968. The van der Waals surface area contributed by atoms with Gasteiger partial charge in [-0.15, -0.1) is 10.2 Å². The Morgan fingerprint density at radius 3 is 2.27 bits per heavy atom. The Morgan fingerprint density at radius 2 is 1.77 bits per heavy atom. The number of primary sulfonamides is 1. The van der Waals surface area contributed by atoms with Gasteiger partial charge in [-0.3, -0.25) is 10.1 Å². The number of nitrogens with two attached hydrogens (primary N) is 1. The highest BCUT2D eigenvalue weighted by atomic mass is 35.5. The highest BCUT2D eigenvalue weighted by Crippen LogP contribution is 2.31. The lowest BCUT2D eigenvalue weighted by Crippen LogP contribution is -2.11. The van der Waals surface area contributed by atoms with Gasteiger partial charge in [0.15, 0.2) is 0 Å². The van der Waals surface area contributed by atoms with E-state index in [1.54, 1.807) is 0 Å². The molecule has 0 saturated carbocycles. The van der Waals surface area contributed by atoms with Crippen LogP contribution in [0.4, 0.5) is 5.69 Å². The van der Waals surface area contributed by atoms with Crippen LogP contribution in [0.15, 0.2) is 31.8 Å². The van der Waals surface area contributed by atoms with Crippen LogP contribution in [0.5, 0.6) is 0 Å². The van der Waals surface area contributed by atoms with Gasteiger partial charge in [-0.25, -0.2) is 22.0 Å². The Labute approximate surface area is 132 Å². The van der Waals surface area contributed by atoms with Crippen molar-refractivity contribution < 1.29 is 21.8 Å². The third-order valence-electron chi connectivity index (χ3n) is 2.29. The Balaban J connectivity index is 2.58. The molecule has 0 amide bonds. The van der Waals surface area contributed by atoms with E-state index in [1.807, 2.05) is 0 Å². The second kappa shape index (κ2) is 5.51. The predicted molar refractivity (Wildman–Crippen MR) is 74.8 cm³/mol. The lowest BCUT2D eigenvalue weighted by Gasteiger charge is -2.01. The number of halogens is 1. The minimum atomic E-state index is -4.29. The molecule has 0 saturated heterocycles. The predicted octanol–water partition coefficient (Wildman–Crippen LogP) is 0.580. The molecule has 0 aliphatic carbocycles. The molecule has 2 rings (SSSR count). The van der Waals surface area contributed by atoms with Crippen molar-refractivity contribution in [2.45, 2.75) is 13.6 Å². The van der Waals surface area contributed by atoms with Crippen LogP contribution >= 0.6 is 22.9 Å². The average molecular weight is 385 g/mol. The summed E-state index contributed by atoms with van der Waals surface area (Å²) in [5.74, 6) is 0. The van der Waals surface area contributed by atoms with Crippen molar-refractivity contribution in [1.82, 2.24) is 10.2 Å². The van der Waals surface area contributed by atoms with E-state index in [0.29, 0.717) is 0 Å². The molecule has 10 nitrogen and oxygen atoms in total. The fourth-order valence-electron chi connectivity index (χ4n) is 1.32. The summed E-state index contributed by atoms with van der Waals surface area (Å²) in [6.45, 7) is 0. The number of nitro groups is 1. The summed E-state index contributed by atoms with van der Waals surface area (Å²) in [6, 6.07) is 2.81. The van der Waals surface area contributed by atoms with Gasteiger partial charge in [0.05, 0.1) is 9.82 Å². The van der Waals surface area contributed by atoms with Gasteiger partial charge in [0.1, 0.15) is 5.02 Å². The highest BCUT2D eigenvalue weighted by Gasteiger charge is 2.28. The van der Waals surface area contributed by atoms with Gasteiger partial charge in [0.25, 0.3) is 15.7 Å². The van der Waals surface area contributed by atoms with Crippen LogP contribution in [-0.4, -0.2) is 32.0 Å². The average Bonchev–Trinajstić information content (AvgIpc) is 2.88. The fourth-order valence-corrected chi connectivity index (χ4v) is 4.66. The molecule has 0 unspecified atom stereocenters. The molecule has 0 spiro atoms. The summed E-state index contributed by atoms with van der Waals surface area (Å²) in [4.78, 5) is 9.46. The number of aromatic nitrogens is 2. The van der Waals surface area contributed by atoms with Crippen molar-refractivity contribution in [1.29, 1.82) is 0 Å². The standard InChI is InChI=1S/C8H5ClN4O6S3/c9-5-2-1-4(3-6(5)13(14)15)21(16,17)7-11-12-8(20-7)22(10,18)19/h1-3H,(H2,10,18,19). The molecule has 1 heterocycles. The summed E-state index contributed by atoms with van der Waals surface area (Å²) in [5.41, 5.74) is -0.612. The summed E-state index contributed by atoms with van der Waals surface area (Å²) >= 11 is 5.83. The molecule has 1 aromatic carbocycles. The van der Waals surface area contributed by atoms with Crippen LogP contribution in [0, 0.1) is 10.1 Å². The number of sulfone groups is 1. The zero-order chi connectivity index (χ0) is 16.7. The minimum absolute atomic E-state index is 0.234. The second-order valence-corrected chi connectivity index (χ2v) is 9.00. The van der Waals surface area contributed by atoms with E-state index in [-0.39, 0.29) is 16.4 Å². The van der Waals surface area contributed by atoms with Gasteiger partial charge in [-0.05, 0) is 12.1 Å². The Morgan fingerprint density at radius 1 is 1.18 bits per heavy atom. The van der Waals surface area contributed by atoms with Gasteiger partial charge in [-0.1, -0.05) is 22.9 Å². The zero-order valence-electron chi connectivity index (χ0n) is 10.2. The van der Waals surface area contributed by atoms with Gasteiger partial charge >= 0.3 is 0 Å². The molecular formula is C8H5ClN4O6S3. The van der Waals surface area contributed by atoms with E-state index < -0.39 is 44.0 Å². The molecule has 1 aromatic heterocycles. The third-order valence-corrected chi connectivity index (χ3v) is 6.96. The third kappa shape index (κ3) is 3.07. The van der Waals surface area contributed by atoms with Crippen molar-refractivity contribution in [2.75, 3.05) is 0 Å². The summed E-state index contributed by atoms with van der Waals surface area (Å²) in [7, 11) is -8.49. The van der Waals surface area contributed by atoms with Crippen LogP contribution in [0.2, 0.25) is 5.02 Å². The first-order valence-electron chi connectivity index (χ1n) is 5.09. The molecule has 0 aliphatic heterocycles. The highest BCUT2D eigenvalue weighted by molar-refractivity contribution is 7.95. The molecular weight excluding hydrogens is 380 g/mol. The Hall–Kier alpha value is -1.67. The molecule has 0 atom stereocenters. The van der Waals surface area contributed by atoms with Gasteiger partial charge in [-0.2, -0.15) is 0 Å². The fraction of sp³-hybridized carbons (Fsp3) is 0. The molecule has 118 valence electrons. The van der Waals surface area contributed by atoms with Crippen molar-refractivity contribution >= 4 is 48.5 Å². The van der Waals surface area contributed by atoms with E-state index in [9.17, 15) is 26.9 Å². The van der Waals surface area contributed by atoms with E-state index in [4.69, 9.17) is 16.7 Å². The lowest BCUT2D eigenvalue weighted by atomic mass is 10.3. The first-order valence-corrected chi connectivity index (χ1v) is 9.31. The molecule has 0 bridgehead atoms. The number of rotatable bonds is 4. The van der Waals surface area contributed by atoms with Gasteiger partial charge < -0.3 is 0 Å². The van der Waals surface area contributed by atoms with Crippen molar-refractivity contribution in [3.05, 3.63) is 33.3 Å². The first-order chi connectivity index (χ1) is 10.0. The minimum Gasteiger partial charge on any atom is -0.258 e. The molecule has 2 aromatic rings. The van der Waals surface area contributed by atoms with Crippen molar-refractivity contribution in [2.24, 2.45) is 5.14 Å². The van der Waals surface area contributed by atoms with E-state index in [1.165, 1.54) is 0 Å². The van der Waals surface area contributed by atoms with Crippen LogP contribution < -0.4 is 5.14 Å². The number of benzene rings is 1. The number of hydrogen-bond donors (Lipinski definition) is 1. The number of nitro benzene ring substituents is 1. The first kappa shape index (κ1) is 16.7. The number of hydrogen-bond acceptors (Lipinski definition) is 9. The van der Waals surface area contributed by atoms with Crippen molar-refractivity contribution in [3.8, 4) is 0 Å². The van der Waals surface area contributed by atoms with Crippen molar-refractivity contribution in [3.63, 3.8) is 0 Å². The van der Waals surface area contributed by atoms with E-state index >= 15 is 0 Å². The van der Waals surface area contributed by atoms with Crippen LogP contribution in [0.25, 0.3) is 0 Å². The van der Waals surface area contributed by atoms with E-state index in [0.717, 1.165) is 18.2 Å². The quantitative estimate of drug-likeness (QED) is 0.590. The molecule has 2 N–H and O–H groups in total. The topological polar surface area (TPSA) is 163 Å². The molecule has 22 heavy (non-hydrogen) atoms. The maximum Gasteiger partial charge on any atom is 0.289 e.